The summed E-state index contributed by atoms with van der Waals surface area (Å²) in [4.78, 5) is 28.6. The Morgan fingerprint density at radius 1 is 1.23 bits per heavy atom. The molecule has 0 saturated heterocycles. The highest BCUT2D eigenvalue weighted by molar-refractivity contribution is 7.22. The van der Waals surface area contributed by atoms with Gasteiger partial charge in [-0.15, -0.1) is 0 Å². The number of nitro benzene ring substituents is 1. The normalized spacial score (nSPS) is 11.3. The number of aromatic nitrogens is 1. The van der Waals surface area contributed by atoms with Crippen LogP contribution < -0.4 is 4.90 Å². The first-order chi connectivity index (χ1) is 14.9. The van der Waals surface area contributed by atoms with Crippen LogP contribution >= 0.6 is 11.3 Å². The van der Waals surface area contributed by atoms with E-state index >= 15 is 0 Å². The maximum atomic E-state index is 14.1. The Bertz CT molecular complexity index is 1280. The van der Waals surface area contributed by atoms with Crippen LogP contribution in [0.3, 0.4) is 0 Å². The van der Waals surface area contributed by atoms with E-state index in [0.717, 1.165) is 23.5 Å². The molecular formula is C21H13F2N3O4S. The number of amides is 1. The molecule has 0 fully saturated rings. The average molecular weight is 441 g/mol. The van der Waals surface area contributed by atoms with Gasteiger partial charge in [0.1, 0.15) is 17.1 Å². The van der Waals surface area contributed by atoms with Crippen LogP contribution in [0.5, 0.6) is 0 Å². The van der Waals surface area contributed by atoms with Gasteiger partial charge in [0, 0.05) is 24.3 Å². The molecule has 0 aliphatic carbocycles. The molecule has 0 atom stereocenters. The van der Waals surface area contributed by atoms with Crippen molar-refractivity contribution in [2.24, 2.45) is 0 Å². The van der Waals surface area contributed by atoms with Gasteiger partial charge in [0.05, 0.1) is 22.4 Å². The molecule has 0 spiro atoms. The van der Waals surface area contributed by atoms with E-state index in [0.29, 0.717) is 11.3 Å². The Labute approximate surface area is 178 Å². The maximum absolute atomic E-state index is 14.1. The summed E-state index contributed by atoms with van der Waals surface area (Å²) in [7, 11) is 0. The molecule has 0 saturated carbocycles. The molecular weight excluding hydrogens is 428 g/mol. The molecule has 31 heavy (non-hydrogen) atoms. The highest BCUT2D eigenvalue weighted by Gasteiger charge is 2.21. The largest absolute Gasteiger partial charge is 0.467 e. The molecule has 2 aromatic carbocycles. The van der Waals surface area contributed by atoms with E-state index in [-0.39, 0.29) is 27.6 Å². The summed E-state index contributed by atoms with van der Waals surface area (Å²) in [5.74, 6) is -1.55. The van der Waals surface area contributed by atoms with Crippen LogP contribution in [0.1, 0.15) is 11.3 Å². The van der Waals surface area contributed by atoms with Gasteiger partial charge in [-0.25, -0.2) is 13.8 Å². The number of anilines is 1. The summed E-state index contributed by atoms with van der Waals surface area (Å²) in [6.07, 6.45) is 4.22. The molecule has 0 radical (unpaired) electrons. The molecule has 4 aromatic rings. The predicted octanol–water partition coefficient (Wildman–Crippen LogP) is 5.32. The van der Waals surface area contributed by atoms with E-state index in [1.165, 1.54) is 47.6 Å². The van der Waals surface area contributed by atoms with Gasteiger partial charge in [0.25, 0.3) is 11.6 Å². The number of rotatable bonds is 6. The zero-order chi connectivity index (χ0) is 22.0. The standard InChI is InChI=1S/C21H13F2N3O4S/c22-14-10-17(23)20-18(11-14)31-21(24-20)25(12-16-2-1-9-30-16)19(27)8-5-13-3-6-15(7-4-13)26(28)29/h1-11H,12H2/b8-5-. The lowest BCUT2D eigenvalue weighted by Gasteiger charge is -2.16. The number of carbonyl (C=O) groups excluding carboxylic acids is 1. The van der Waals surface area contributed by atoms with Crippen LogP contribution in [-0.4, -0.2) is 15.8 Å². The van der Waals surface area contributed by atoms with Crippen LogP contribution in [-0.2, 0) is 11.3 Å². The van der Waals surface area contributed by atoms with Crippen molar-refractivity contribution in [1.82, 2.24) is 4.98 Å². The number of furan rings is 1. The Hall–Kier alpha value is -3.92. The molecule has 2 heterocycles. The van der Waals surface area contributed by atoms with E-state index in [1.54, 1.807) is 12.1 Å². The lowest BCUT2D eigenvalue weighted by Crippen LogP contribution is -2.28. The van der Waals surface area contributed by atoms with Gasteiger partial charge in [-0.3, -0.25) is 19.8 Å². The van der Waals surface area contributed by atoms with Crippen LogP contribution in [0.25, 0.3) is 16.3 Å². The molecule has 10 heteroatoms. The van der Waals surface area contributed by atoms with Crippen molar-refractivity contribution in [1.29, 1.82) is 0 Å². The SMILES string of the molecule is O=C(/C=C\c1ccc([N+](=O)[O-])cc1)N(Cc1ccco1)c1nc2c(F)cc(F)cc2s1. The Morgan fingerprint density at radius 2 is 2.00 bits per heavy atom. The summed E-state index contributed by atoms with van der Waals surface area (Å²) < 4.78 is 33.2. The van der Waals surface area contributed by atoms with Crippen LogP contribution in [0.4, 0.5) is 19.6 Å². The maximum Gasteiger partial charge on any atom is 0.269 e. The molecule has 2 aromatic heterocycles. The number of hydrogen-bond donors (Lipinski definition) is 0. The van der Waals surface area contributed by atoms with Gasteiger partial charge in [-0.05, 0) is 42.0 Å². The second kappa shape index (κ2) is 8.44. The number of thiazole rings is 1. The molecule has 0 N–H and O–H groups in total. The minimum Gasteiger partial charge on any atom is -0.467 e. The van der Waals surface area contributed by atoms with Crippen LogP contribution in [0, 0.1) is 21.7 Å². The van der Waals surface area contributed by atoms with Crippen LogP contribution in [0.2, 0.25) is 0 Å². The van der Waals surface area contributed by atoms with Gasteiger partial charge < -0.3 is 4.42 Å². The lowest BCUT2D eigenvalue weighted by molar-refractivity contribution is -0.384. The minimum atomic E-state index is -0.815. The number of hydrogen-bond acceptors (Lipinski definition) is 6. The Morgan fingerprint density at radius 3 is 2.68 bits per heavy atom. The zero-order valence-electron chi connectivity index (χ0n) is 15.7. The van der Waals surface area contributed by atoms with Crippen molar-refractivity contribution in [3.8, 4) is 0 Å². The number of carbonyl (C=O) groups is 1. The van der Waals surface area contributed by atoms with Gasteiger partial charge in [0.15, 0.2) is 10.9 Å². The first kappa shape index (κ1) is 20.4. The summed E-state index contributed by atoms with van der Waals surface area (Å²) in [5.41, 5.74) is 0.485. The average Bonchev–Trinajstić information content (AvgIpc) is 3.40. The summed E-state index contributed by atoms with van der Waals surface area (Å²) in [6.45, 7) is 0.0281. The molecule has 0 aliphatic rings. The third kappa shape index (κ3) is 4.48. The highest BCUT2D eigenvalue weighted by Crippen LogP contribution is 2.32. The fourth-order valence-corrected chi connectivity index (χ4v) is 3.83. The number of nitro groups is 1. The second-order valence-electron chi connectivity index (χ2n) is 6.42. The Kier molecular flexibility index (Phi) is 5.54. The quantitative estimate of drug-likeness (QED) is 0.229. The molecule has 7 nitrogen and oxygen atoms in total. The Balaban J connectivity index is 1.65. The zero-order valence-corrected chi connectivity index (χ0v) is 16.5. The van der Waals surface area contributed by atoms with Crippen molar-refractivity contribution in [2.75, 3.05) is 4.90 Å². The summed E-state index contributed by atoms with van der Waals surface area (Å²) >= 11 is 0.974. The van der Waals surface area contributed by atoms with Crippen molar-refractivity contribution in [3.05, 3.63) is 93.9 Å². The summed E-state index contributed by atoms with van der Waals surface area (Å²) in [5, 5.41) is 10.9. The third-order valence-electron chi connectivity index (χ3n) is 4.32. The van der Waals surface area contributed by atoms with Crippen molar-refractivity contribution in [3.63, 3.8) is 0 Å². The number of benzene rings is 2. The van der Waals surface area contributed by atoms with Crippen LogP contribution in [0.15, 0.2) is 65.3 Å². The molecule has 156 valence electrons. The van der Waals surface area contributed by atoms with Gasteiger partial charge in [-0.2, -0.15) is 0 Å². The number of nitrogens with zero attached hydrogens (tertiary/aromatic N) is 3. The summed E-state index contributed by atoms with van der Waals surface area (Å²) in [6, 6.07) is 10.9. The minimum absolute atomic E-state index is 0.0281. The molecule has 0 unspecified atom stereocenters. The van der Waals surface area contributed by atoms with E-state index in [4.69, 9.17) is 4.42 Å². The monoisotopic (exact) mass is 441 g/mol. The van der Waals surface area contributed by atoms with Gasteiger partial charge in [0.2, 0.25) is 0 Å². The van der Waals surface area contributed by atoms with Crippen molar-refractivity contribution in [2.45, 2.75) is 6.54 Å². The molecule has 4 rings (SSSR count). The molecule has 0 aliphatic heterocycles. The topological polar surface area (TPSA) is 89.5 Å². The molecule has 1 amide bonds. The smallest absolute Gasteiger partial charge is 0.269 e. The lowest BCUT2D eigenvalue weighted by atomic mass is 10.2. The molecule has 0 bridgehead atoms. The predicted molar refractivity (Wildman–Crippen MR) is 112 cm³/mol. The van der Waals surface area contributed by atoms with E-state index in [9.17, 15) is 23.7 Å². The van der Waals surface area contributed by atoms with E-state index in [1.807, 2.05) is 0 Å². The fourth-order valence-electron chi connectivity index (χ4n) is 2.82. The van der Waals surface area contributed by atoms with Gasteiger partial charge in [-0.1, -0.05) is 11.3 Å². The second-order valence-corrected chi connectivity index (χ2v) is 7.43. The third-order valence-corrected chi connectivity index (χ3v) is 5.34. The van der Waals surface area contributed by atoms with Crippen molar-refractivity contribution < 1.29 is 22.9 Å². The number of fused-ring (bicyclic) bond motifs is 1. The fraction of sp³-hybridized carbons (Fsp3) is 0.0476. The van der Waals surface area contributed by atoms with E-state index in [2.05, 4.69) is 4.98 Å². The first-order valence-electron chi connectivity index (χ1n) is 8.93. The number of non-ortho nitro benzene ring substituents is 1. The first-order valence-corrected chi connectivity index (χ1v) is 9.74. The van der Waals surface area contributed by atoms with Crippen molar-refractivity contribution >= 4 is 44.4 Å². The van der Waals surface area contributed by atoms with Gasteiger partial charge >= 0.3 is 0 Å². The van der Waals surface area contributed by atoms with E-state index < -0.39 is 22.5 Å². The number of halogens is 2. The highest BCUT2D eigenvalue weighted by atomic mass is 32.1.